The van der Waals surface area contributed by atoms with E-state index >= 15 is 0 Å². The summed E-state index contributed by atoms with van der Waals surface area (Å²) in [5.74, 6) is 2.79. The highest BCUT2D eigenvalue weighted by molar-refractivity contribution is 5.84. The molecule has 8 nitrogen and oxygen atoms in total. The number of aromatic nitrogens is 4. The summed E-state index contributed by atoms with van der Waals surface area (Å²) < 4.78 is 7.62. The molecule has 4 rings (SSSR count). The molecule has 2 saturated heterocycles. The summed E-state index contributed by atoms with van der Waals surface area (Å²) in [5, 5.41) is 3.59. The molecule has 0 radical (unpaired) electrons. The minimum Gasteiger partial charge on any atom is -0.378 e. The fourth-order valence-electron chi connectivity index (χ4n) is 4.10. The molecular formula is C18H29N7O. The Balaban J connectivity index is 1.67. The van der Waals surface area contributed by atoms with Crippen molar-refractivity contribution in [2.75, 3.05) is 44.3 Å². The lowest BCUT2D eigenvalue weighted by Gasteiger charge is -2.35. The molecule has 1 N–H and O–H groups in total. The van der Waals surface area contributed by atoms with Gasteiger partial charge in [0.25, 0.3) is 0 Å². The largest absolute Gasteiger partial charge is 0.378 e. The summed E-state index contributed by atoms with van der Waals surface area (Å²) in [7, 11) is 2.06. The first-order chi connectivity index (χ1) is 12.5. The van der Waals surface area contributed by atoms with Gasteiger partial charge in [-0.25, -0.2) is 15.0 Å². The van der Waals surface area contributed by atoms with E-state index in [1.54, 1.807) is 0 Å². The summed E-state index contributed by atoms with van der Waals surface area (Å²) in [4.78, 5) is 19.1. The van der Waals surface area contributed by atoms with Crippen LogP contribution in [0.3, 0.4) is 0 Å². The predicted molar refractivity (Wildman–Crippen MR) is 101 cm³/mol. The number of ether oxygens (including phenoxy) is 1. The number of piperazine rings is 1. The van der Waals surface area contributed by atoms with Crippen LogP contribution in [0.2, 0.25) is 0 Å². The number of nitrogens with one attached hydrogen (secondary N) is 1. The third-order valence-electron chi connectivity index (χ3n) is 5.21. The molecule has 2 fully saturated rings. The molecule has 0 aliphatic carbocycles. The highest BCUT2D eigenvalue weighted by Crippen LogP contribution is 2.25. The van der Waals surface area contributed by atoms with Crippen molar-refractivity contribution in [3.8, 4) is 0 Å². The van der Waals surface area contributed by atoms with Crippen LogP contribution in [-0.4, -0.2) is 75.9 Å². The molecule has 2 aliphatic rings. The van der Waals surface area contributed by atoms with E-state index in [-0.39, 0.29) is 0 Å². The Morgan fingerprint density at radius 3 is 2.46 bits per heavy atom. The van der Waals surface area contributed by atoms with Crippen molar-refractivity contribution in [1.29, 1.82) is 0 Å². The molecule has 0 unspecified atom stereocenters. The van der Waals surface area contributed by atoms with Crippen LogP contribution in [0.15, 0.2) is 0 Å². The van der Waals surface area contributed by atoms with Crippen LogP contribution < -0.4 is 10.2 Å². The Labute approximate surface area is 154 Å². The fraction of sp³-hybridized carbons (Fsp3) is 0.722. The second kappa shape index (κ2) is 7.09. The molecule has 2 aromatic rings. The predicted octanol–water partition coefficient (Wildman–Crippen LogP) is 0.691. The highest BCUT2D eigenvalue weighted by atomic mass is 16.5. The molecule has 2 aromatic heterocycles. The summed E-state index contributed by atoms with van der Waals surface area (Å²) in [6.45, 7) is 12.5. The summed E-state index contributed by atoms with van der Waals surface area (Å²) in [5.41, 5.74) is 1.83. The third-order valence-corrected chi connectivity index (χ3v) is 5.21. The molecule has 0 saturated carbocycles. The maximum atomic E-state index is 5.49. The van der Waals surface area contributed by atoms with E-state index in [0.717, 1.165) is 74.6 Å². The fourth-order valence-corrected chi connectivity index (χ4v) is 4.10. The van der Waals surface area contributed by atoms with Crippen molar-refractivity contribution in [3.05, 3.63) is 11.6 Å². The summed E-state index contributed by atoms with van der Waals surface area (Å²) in [6, 6.07) is 0.999. The van der Waals surface area contributed by atoms with Crippen molar-refractivity contribution in [2.45, 2.75) is 39.4 Å². The van der Waals surface area contributed by atoms with Gasteiger partial charge in [0, 0.05) is 45.3 Å². The zero-order valence-corrected chi connectivity index (χ0v) is 16.2. The molecule has 8 heteroatoms. The van der Waals surface area contributed by atoms with Gasteiger partial charge in [0.05, 0.1) is 19.8 Å². The number of fused-ring (bicyclic) bond motifs is 1. The number of morpholine rings is 1. The Hall–Kier alpha value is -1.77. The first-order valence-corrected chi connectivity index (χ1v) is 9.52. The van der Waals surface area contributed by atoms with Gasteiger partial charge in [-0.05, 0) is 20.8 Å². The number of hydrogen-bond acceptors (Lipinski definition) is 7. The third kappa shape index (κ3) is 3.41. The van der Waals surface area contributed by atoms with E-state index in [2.05, 4.69) is 45.6 Å². The number of rotatable bonds is 3. The molecule has 0 amide bonds. The van der Waals surface area contributed by atoms with Crippen molar-refractivity contribution in [2.24, 2.45) is 7.05 Å². The summed E-state index contributed by atoms with van der Waals surface area (Å²) in [6.07, 6.45) is 0. The van der Waals surface area contributed by atoms with Crippen LogP contribution in [0.4, 0.5) is 5.82 Å². The van der Waals surface area contributed by atoms with Gasteiger partial charge in [-0.1, -0.05) is 0 Å². The number of imidazole rings is 1. The quantitative estimate of drug-likeness (QED) is 0.864. The molecular weight excluding hydrogens is 330 g/mol. The van der Waals surface area contributed by atoms with E-state index in [9.17, 15) is 0 Å². The second-order valence-electron chi connectivity index (χ2n) is 7.62. The van der Waals surface area contributed by atoms with E-state index in [4.69, 9.17) is 14.7 Å². The number of aryl methyl sites for hydroxylation is 2. The molecule has 0 bridgehead atoms. The maximum Gasteiger partial charge on any atom is 0.165 e. The monoisotopic (exact) mass is 359 g/mol. The highest BCUT2D eigenvalue weighted by Gasteiger charge is 2.25. The Kier molecular flexibility index (Phi) is 4.81. The average molecular weight is 359 g/mol. The average Bonchev–Trinajstić information content (AvgIpc) is 2.90. The van der Waals surface area contributed by atoms with E-state index in [0.29, 0.717) is 12.1 Å². The van der Waals surface area contributed by atoms with Crippen molar-refractivity contribution >= 4 is 17.0 Å². The van der Waals surface area contributed by atoms with Gasteiger partial charge < -0.3 is 19.5 Å². The van der Waals surface area contributed by atoms with Crippen LogP contribution in [0.25, 0.3) is 11.2 Å². The van der Waals surface area contributed by atoms with Gasteiger partial charge in [-0.2, -0.15) is 0 Å². The number of anilines is 1. The SMILES string of the molecule is Cc1nc(N2CCOCC2)c2nc(CN3C[C@@H](C)N[C@@H](C)C3)n(C)c2n1. The molecule has 26 heavy (non-hydrogen) atoms. The minimum atomic E-state index is 0.499. The van der Waals surface area contributed by atoms with E-state index < -0.39 is 0 Å². The van der Waals surface area contributed by atoms with Crippen LogP contribution in [0.5, 0.6) is 0 Å². The van der Waals surface area contributed by atoms with Crippen molar-refractivity contribution in [1.82, 2.24) is 29.7 Å². The Morgan fingerprint density at radius 2 is 1.77 bits per heavy atom. The zero-order chi connectivity index (χ0) is 18.3. The van der Waals surface area contributed by atoms with E-state index in [1.807, 2.05) is 6.92 Å². The molecule has 2 aliphatic heterocycles. The van der Waals surface area contributed by atoms with Gasteiger partial charge in [0.15, 0.2) is 17.0 Å². The Morgan fingerprint density at radius 1 is 1.08 bits per heavy atom. The lowest BCUT2D eigenvalue weighted by molar-refractivity contribution is 0.122. The van der Waals surface area contributed by atoms with Gasteiger partial charge in [-0.3, -0.25) is 4.90 Å². The lowest BCUT2D eigenvalue weighted by atomic mass is 10.1. The molecule has 0 spiro atoms. The molecule has 4 heterocycles. The first-order valence-electron chi connectivity index (χ1n) is 9.52. The van der Waals surface area contributed by atoms with Gasteiger partial charge in [0.2, 0.25) is 0 Å². The molecule has 2 atom stereocenters. The zero-order valence-electron chi connectivity index (χ0n) is 16.2. The standard InChI is InChI=1S/C18H29N7O/c1-12-9-24(10-13(2)19-12)11-15-22-16-17(23(15)4)20-14(3)21-18(16)25-5-7-26-8-6-25/h12-13,19H,5-11H2,1-4H3/t12-,13+. The Bertz CT molecular complexity index is 773. The van der Waals surface area contributed by atoms with E-state index in [1.165, 1.54) is 0 Å². The molecule has 142 valence electrons. The smallest absolute Gasteiger partial charge is 0.165 e. The number of nitrogens with zero attached hydrogens (tertiary/aromatic N) is 6. The lowest BCUT2D eigenvalue weighted by Crippen LogP contribution is -2.53. The van der Waals surface area contributed by atoms with Gasteiger partial charge in [-0.15, -0.1) is 0 Å². The summed E-state index contributed by atoms with van der Waals surface area (Å²) >= 11 is 0. The maximum absolute atomic E-state index is 5.49. The first kappa shape index (κ1) is 17.6. The topological polar surface area (TPSA) is 71.3 Å². The van der Waals surface area contributed by atoms with Crippen LogP contribution in [-0.2, 0) is 18.3 Å². The second-order valence-corrected chi connectivity index (χ2v) is 7.62. The minimum absolute atomic E-state index is 0.499. The van der Waals surface area contributed by atoms with Crippen LogP contribution >= 0.6 is 0 Å². The van der Waals surface area contributed by atoms with Crippen LogP contribution in [0, 0.1) is 6.92 Å². The van der Waals surface area contributed by atoms with Crippen molar-refractivity contribution in [3.63, 3.8) is 0 Å². The van der Waals surface area contributed by atoms with Crippen LogP contribution in [0.1, 0.15) is 25.5 Å². The molecule has 0 aromatic carbocycles. The van der Waals surface area contributed by atoms with Crippen molar-refractivity contribution < 1.29 is 4.74 Å². The van der Waals surface area contributed by atoms with Gasteiger partial charge in [0.1, 0.15) is 11.6 Å². The van der Waals surface area contributed by atoms with Gasteiger partial charge >= 0.3 is 0 Å². The number of hydrogen-bond donors (Lipinski definition) is 1. The normalized spacial score (nSPS) is 25.2.